The topological polar surface area (TPSA) is 74.7 Å². The van der Waals surface area contributed by atoms with E-state index in [-0.39, 0.29) is 17.9 Å². The van der Waals surface area contributed by atoms with Crippen molar-refractivity contribution in [1.29, 1.82) is 0 Å². The number of hydrogen-bond donors (Lipinski definition) is 1. The molecule has 0 amide bonds. The minimum absolute atomic E-state index is 0.00972. The smallest absolute Gasteiger partial charge is 0.325 e. The van der Waals surface area contributed by atoms with Gasteiger partial charge in [0.25, 0.3) is 0 Å². The van der Waals surface area contributed by atoms with Gasteiger partial charge in [-0.2, -0.15) is 0 Å². The third kappa shape index (κ3) is 1.96. The van der Waals surface area contributed by atoms with E-state index in [0.717, 1.165) is 19.3 Å². The molecule has 92 valence electrons. The molecule has 1 N–H and O–H groups in total. The van der Waals surface area contributed by atoms with Crippen LogP contribution in [0.15, 0.2) is 0 Å². The van der Waals surface area contributed by atoms with E-state index in [2.05, 4.69) is 0 Å². The zero-order valence-corrected chi connectivity index (χ0v) is 10.0. The fourth-order valence-corrected chi connectivity index (χ4v) is 4.68. The fourth-order valence-electron chi connectivity index (χ4n) is 2.71. The van der Waals surface area contributed by atoms with Crippen molar-refractivity contribution < 1.29 is 18.3 Å². The largest absolute Gasteiger partial charge is 0.480 e. The summed E-state index contributed by atoms with van der Waals surface area (Å²) in [4.78, 5) is 13.3. The SMILES string of the molecule is O=C(O)C1(N2CCCCC2)CCS(=O)(=O)C1. The number of aliphatic carboxylic acids is 1. The maximum absolute atomic E-state index is 11.5. The number of carboxylic acid groups (broad SMARTS) is 1. The Kier molecular flexibility index (Phi) is 2.96. The van der Waals surface area contributed by atoms with Gasteiger partial charge in [0.2, 0.25) is 0 Å². The lowest BCUT2D eigenvalue weighted by Crippen LogP contribution is -2.57. The summed E-state index contributed by atoms with van der Waals surface area (Å²) in [5, 5.41) is 9.34. The van der Waals surface area contributed by atoms with Crippen molar-refractivity contribution in [3.8, 4) is 0 Å². The van der Waals surface area contributed by atoms with Crippen molar-refractivity contribution in [2.75, 3.05) is 24.6 Å². The van der Waals surface area contributed by atoms with Crippen LogP contribution in [0.3, 0.4) is 0 Å². The second kappa shape index (κ2) is 4.00. The van der Waals surface area contributed by atoms with Gasteiger partial charge in [-0.15, -0.1) is 0 Å². The van der Waals surface area contributed by atoms with Crippen LogP contribution in [0.1, 0.15) is 25.7 Å². The van der Waals surface area contributed by atoms with Crippen LogP contribution in [0.4, 0.5) is 0 Å². The van der Waals surface area contributed by atoms with E-state index >= 15 is 0 Å². The van der Waals surface area contributed by atoms with E-state index in [4.69, 9.17) is 0 Å². The summed E-state index contributed by atoms with van der Waals surface area (Å²) >= 11 is 0. The van der Waals surface area contributed by atoms with Gasteiger partial charge in [-0.05, 0) is 32.4 Å². The van der Waals surface area contributed by atoms with Gasteiger partial charge < -0.3 is 5.11 Å². The molecule has 6 heteroatoms. The molecule has 1 unspecified atom stereocenters. The normalized spacial score (nSPS) is 35.0. The van der Waals surface area contributed by atoms with Crippen molar-refractivity contribution in [2.45, 2.75) is 31.2 Å². The van der Waals surface area contributed by atoms with Crippen molar-refractivity contribution in [1.82, 2.24) is 4.90 Å². The molecule has 5 nitrogen and oxygen atoms in total. The van der Waals surface area contributed by atoms with Crippen molar-refractivity contribution in [2.24, 2.45) is 0 Å². The first-order chi connectivity index (χ1) is 7.46. The molecule has 16 heavy (non-hydrogen) atoms. The molecule has 0 aromatic rings. The molecular weight excluding hydrogens is 230 g/mol. The highest BCUT2D eigenvalue weighted by atomic mass is 32.2. The zero-order chi connectivity index (χ0) is 11.8. The molecule has 2 aliphatic heterocycles. The Morgan fingerprint density at radius 1 is 1.19 bits per heavy atom. The molecule has 2 aliphatic rings. The average Bonchev–Trinajstić information content (AvgIpc) is 2.57. The molecule has 2 heterocycles. The summed E-state index contributed by atoms with van der Waals surface area (Å²) in [6, 6.07) is 0. The molecule has 0 aliphatic carbocycles. The van der Waals surface area contributed by atoms with Crippen LogP contribution in [0.25, 0.3) is 0 Å². The van der Waals surface area contributed by atoms with Crippen LogP contribution in [0.2, 0.25) is 0 Å². The Morgan fingerprint density at radius 2 is 1.81 bits per heavy atom. The van der Waals surface area contributed by atoms with Gasteiger partial charge >= 0.3 is 5.97 Å². The van der Waals surface area contributed by atoms with Crippen LogP contribution < -0.4 is 0 Å². The maximum atomic E-state index is 11.5. The second-order valence-electron chi connectivity index (χ2n) is 4.73. The van der Waals surface area contributed by atoms with Crippen LogP contribution in [-0.4, -0.2) is 54.5 Å². The third-order valence-electron chi connectivity index (χ3n) is 3.64. The van der Waals surface area contributed by atoms with E-state index in [1.807, 2.05) is 4.90 Å². The summed E-state index contributed by atoms with van der Waals surface area (Å²) in [6.45, 7) is 1.42. The summed E-state index contributed by atoms with van der Waals surface area (Å²) < 4.78 is 23.0. The third-order valence-corrected chi connectivity index (χ3v) is 5.39. The predicted molar refractivity (Wildman–Crippen MR) is 59.1 cm³/mol. The number of rotatable bonds is 2. The highest BCUT2D eigenvalue weighted by Crippen LogP contribution is 2.32. The van der Waals surface area contributed by atoms with Crippen molar-refractivity contribution in [3.63, 3.8) is 0 Å². The predicted octanol–water partition coefficient (Wildman–Crippen LogP) is 0.114. The van der Waals surface area contributed by atoms with Crippen LogP contribution >= 0.6 is 0 Å². The molecule has 0 radical (unpaired) electrons. The number of sulfone groups is 1. The number of likely N-dealkylation sites (tertiary alicyclic amines) is 1. The molecule has 2 rings (SSSR count). The lowest BCUT2D eigenvalue weighted by molar-refractivity contribution is -0.150. The first-order valence-corrected chi connectivity index (χ1v) is 7.47. The van der Waals surface area contributed by atoms with E-state index in [1.54, 1.807) is 0 Å². The lowest BCUT2D eigenvalue weighted by Gasteiger charge is -2.39. The minimum atomic E-state index is -3.17. The van der Waals surface area contributed by atoms with Gasteiger partial charge in [0.15, 0.2) is 9.84 Å². The average molecular weight is 247 g/mol. The molecule has 2 fully saturated rings. The Bertz CT molecular complexity index is 386. The number of piperidine rings is 1. The molecule has 0 bridgehead atoms. The van der Waals surface area contributed by atoms with Crippen LogP contribution in [0.5, 0.6) is 0 Å². The van der Waals surface area contributed by atoms with E-state index in [1.165, 1.54) is 0 Å². The van der Waals surface area contributed by atoms with Crippen molar-refractivity contribution in [3.05, 3.63) is 0 Å². The quantitative estimate of drug-likeness (QED) is 0.750. The van der Waals surface area contributed by atoms with Gasteiger partial charge in [0.1, 0.15) is 5.54 Å². The minimum Gasteiger partial charge on any atom is -0.480 e. The monoisotopic (exact) mass is 247 g/mol. The van der Waals surface area contributed by atoms with Gasteiger partial charge in [-0.1, -0.05) is 6.42 Å². The summed E-state index contributed by atoms with van der Waals surface area (Å²) in [5.41, 5.74) is -1.14. The number of carboxylic acids is 1. The Labute approximate surface area is 95.4 Å². The van der Waals surface area contributed by atoms with Crippen LogP contribution in [0, 0.1) is 0 Å². The van der Waals surface area contributed by atoms with Gasteiger partial charge in [0.05, 0.1) is 11.5 Å². The zero-order valence-electron chi connectivity index (χ0n) is 9.18. The summed E-state index contributed by atoms with van der Waals surface area (Å²) in [7, 11) is -3.17. The first-order valence-electron chi connectivity index (χ1n) is 5.65. The fraction of sp³-hybridized carbons (Fsp3) is 0.900. The van der Waals surface area contributed by atoms with Crippen molar-refractivity contribution >= 4 is 15.8 Å². The molecule has 1 atom stereocenters. The summed E-state index contributed by atoms with van der Waals surface area (Å²) in [5.74, 6) is -1.18. The Hall–Kier alpha value is -0.620. The van der Waals surface area contributed by atoms with Gasteiger partial charge in [-0.25, -0.2) is 8.42 Å². The highest BCUT2D eigenvalue weighted by Gasteiger charge is 2.52. The number of nitrogens with zero attached hydrogens (tertiary/aromatic N) is 1. The Morgan fingerprint density at radius 3 is 2.25 bits per heavy atom. The summed E-state index contributed by atoms with van der Waals surface area (Å²) in [6.07, 6.45) is 3.29. The van der Waals surface area contributed by atoms with E-state index in [9.17, 15) is 18.3 Å². The molecule has 0 saturated carbocycles. The van der Waals surface area contributed by atoms with Gasteiger partial charge in [0, 0.05) is 0 Å². The van der Waals surface area contributed by atoms with E-state index in [0.29, 0.717) is 13.1 Å². The van der Waals surface area contributed by atoms with E-state index < -0.39 is 21.3 Å². The molecular formula is C10H17NO4S. The first kappa shape index (κ1) is 11.9. The molecule has 0 aromatic carbocycles. The number of hydrogen-bond acceptors (Lipinski definition) is 4. The maximum Gasteiger partial charge on any atom is 0.325 e. The van der Waals surface area contributed by atoms with Gasteiger partial charge in [-0.3, -0.25) is 9.69 Å². The Balaban J connectivity index is 2.26. The highest BCUT2D eigenvalue weighted by molar-refractivity contribution is 7.91. The molecule has 0 spiro atoms. The molecule has 0 aromatic heterocycles. The number of carbonyl (C=O) groups is 1. The second-order valence-corrected chi connectivity index (χ2v) is 6.91. The molecule has 2 saturated heterocycles. The standard InChI is InChI=1S/C10H17NO4S/c12-9(13)10(4-7-16(14,15)8-10)11-5-2-1-3-6-11/h1-8H2,(H,12,13). The van der Waals surface area contributed by atoms with Crippen LogP contribution in [-0.2, 0) is 14.6 Å². The lowest BCUT2D eigenvalue weighted by atomic mass is 9.94.